The van der Waals surface area contributed by atoms with Gasteiger partial charge < -0.3 is 19.6 Å². The number of piperazine rings is 1. The molecule has 1 atom stereocenters. The third-order valence-electron chi connectivity index (χ3n) is 7.70. The van der Waals surface area contributed by atoms with E-state index in [1.165, 1.54) is 17.4 Å². The number of carbonyl (C=O) groups is 2. The van der Waals surface area contributed by atoms with Crippen molar-refractivity contribution >= 4 is 58.0 Å². The van der Waals surface area contributed by atoms with Crippen molar-refractivity contribution in [1.29, 1.82) is 0 Å². The van der Waals surface area contributed by atoms with Gasteiger partial charge in [-0.05, 0) is 67.0 Å². The van der Waals surface area contributed by atoms with Gasteiger partial charge in [-0.2, -0.15) is 0 Å². The standard InChI is InChI=1S/C28H29FN6O4S2/c1-39-19-6-2-17(3-7-19)14-30-27-31-35(28(40)41-27)16-32-8-10-33(11-9-32)24-13-23-20(12-22(24)29)25(36)21(26(37)38)15-34(23)18-4-5-18/h2-3,6-7,12-14,18,21H,4-5,8-11,15-16H2,1H3,(H,37,38)/b30-14+. The normalized spacial score (nSPS) is 19.6. The highest BCUT2D eigenvalue weighted by Gasteiger charge is 2.42. The van der Waals surface area contributed by atoms with Crippen LogP contribution in [0.25, 0.3) is 0 Å². The molecule has 214 valence electrons. The number of aromatic nitrogens is 2. The van der Waals surface area contributed by atoms with Crippen LogP contribution in [0.15, 0.2) is 41.4 Å². The number of anilines is 2. The van der Waals surface area contributed by atoms with Gasteiger partial charge in [0.1, 0.15) is 17.5 Å². The molecule has 0 bridgehead atoms. The lowest BCUT2D eigenvalue weighted by atomic mass is 9.90. The average molecular weight is 597 g/mol. The molecule has 0 spiro atoms. The van der Waals surface area contributed by atoms with Crippen molar-refractivity contribution in [2.24, 2.45) is 10.9 Å². The van der Waals surface area contributed by atoms with Gasteiger partial charge >= 0.3 is 5.97 Å². The monoisotopic (exact) mass is 596 g/mol. The van der Waals surface area contributed by atoms with Gasteiger partial charge in [0.05, 0.1) is 25.2 Å². The van der Waals surface area contributed by atoms with Crippen molar-refractivity contribution < 1.29 is 23.8 Å². The molecule has 1 aromatic heterocycles. The van der Waals surface area contributed by atoms with Gasteiger partial charge in [0.15, 0.2) is 9.74 Å². The number of carboxylic acids is 1. The molecular weight excluding hydrogens is 567 g/mol. The Bertz CT molecular complexity index is 1560. The molecule has 3 heterocycles. The highest BCUT2D eigenvalue weighted by molar-refractivity contribution is 7.73. The van der Waals surface area contributed by atoms with Crippen LogP contribution in [-0.2, 0) is 11.5 Å². The van der Waals surface area contributed by atoms with Crippen LogP contribution in [-0.4, -0.2) is 83.6 Å². The lowest BCUT2D eigenvalue weighted by molar-refractivity contribution is -0.139. The number of hydrogen-bond donors (Lipinski definition) is 1. The zero-order chi connectivity index (χ0) is 28.7. The van der Waals surface area contributed by atoms with E-state index in [1.54, 1.807) is 24.1 Å². The number of benzene rings is 2. The number of methoxy groups -OCH3 is 1. The van der Waals surface area contributed by atoms with Crippen LogP contribution in [0.4, 0.5) is 20.9 Å². The molecule has 41 heavy (non-hydrogen) atoms. The lowest BCUT2D eigenvalue weighted by Crippen LogP contribution is -2.47. The maximum absolute atomic E-state index is 15.3. The van der Waals surface area contributed by atoms with Crippen LogP contribution >= 0.6 is 23.6 Å². The molecule has 3 aliphatic rings. The average Bonchev–Trinajstić information content (AvgIpc) is 3.76. The highest BCUT2D eigenvalue weighted by atomic mass is 32.1. The molecule has 1 N–H and O–H groups in total. The number of fused-ring (bicyclic) bond motifs is 1. The van der Waals surface area contributed by atoms with Gasteiger partial charge in [0, 0.05) is 50.5 Å². The first-order chi connectivity index (χ1) is 19.8. The zero-order valence-corrected chi connectivity index (χ0v) is 24.0. The number of halogens is 1. The van der Waals surface area contributed by atoms with E-state index in [9.17, 15) is 14.7 Å². The topological polar surface area (TPSA) is 104 Å². The summed E-state index contributed by atoms with van der Waals surface area (Å²) >= 11 is 6.86. The van der Waals surface area contributed by atoms with Gasteiger partial charge in [-0.15, -0.1) is 5.10 Å². The molecule has 2 fully saturated rings. The minimum atomic E-state index is -1.16. The summed E-state index contributed by atoms with van der Waals surface area (Å²) in [6, 6.07) is 10.7. The summed E-state index contributed by atoms with van der Waals surface area (Å²) in [5.41, 5.74) is 2.18. The number of hydrogen-bond acceptors (Lipinski definition) is 10. The van der Waals surface area contributed by atoms with Crippen molar-refractivity contribution in [3.05, 3.63) is 57.3 Å². The summed E-state index contributed by atoms with van der Waals surface area (Å²) in [5, 5.41) is 14.7. The molecule has 10 nitrogen and oxygen atoms in total. The van der Waals surface area contributed by atoms with Crippen molar-refractivity contribution in [2.45, 2.75) is 25.6 Å². The SMILES string of the molecule is COc1ccc(/C=N/c2nn(CN3CCN(c4cc5c(cc4F)C(=O)C(C(=O)O)CN5C4CC4)CC3)c(=S)s2)cc1. The number of rotatable bonds is 8. The molecule has 0 radical (unpaired) electrons. The third-order valence-corrected chi connectivity index (χ3v) is 8.92. The summed E-state index contributed by atoms with van der Waals surface area (Å²) in [5.74, 6) is -2.58. The maximum Gasteiger partial charge on any atom is 0.316 e. The first-order valence-corrected chi connectivity index (χ1v) is 14.6. The van der Waals surface area contributed by atoms with Crippen LogP contribution < -0.4 is 14.5 Å². The third kappa shape index (κ3) is 5.74. The number of aliphatic carboxylic acids is 1. The molecule has 2 aromatic carbocycles. The fourth-order valence-electron chi connectivity index (χ4n) is 5.29. The van der Waals surface area contributed by atoms with Crippen LogP contribution in [0.3, 0.4) is 0 Å². The molecule has 13 heteroatoms. The molecule has 6 rings (SSSR count). The first-order valence-electron chi connectivity index (χ1n) is 13.4. The van der Waals surface area contributed by atoms with Gasteiger partial charge in [-0.3, -0.25) is 14.5 Å². The van der Waals surface area contributed by atoms with Gasteiger partial charge in [0.25, 0.3) is 0 Å². The van der Waals surface area contributed by atoms with E-state index in [4.69, 9.17) is 17.0 Å². The van der Waals surface area contributed by atoms with Crippen LogP contribution in [0.1, 0.15) is 28.8 Å². The lowest BCUT2D eigenvalue weighted by Gasteiger charge is -2.38. The van der Waals surface area contributed by atoms with Gasteiger partial charge in [0.2, 0.25) is 5.13 Å². The van der Waals surface area contributed by atoms with Crippen molar-refractivity contribution in [2.75, 3.05) is 49.6 Å². The van der Waals surface area contributed by atoms with Gasteiger partial charge in [-0.1, -0.05) is 11.3 Å². The Hall–Kier alpha value is -3.68. The highest BCUT2D eigenvalue weighted by Crippen LogP contribution is 2.41. The Morgan fingerprint density at radius 2 is 1.93 bits per heavy atom. The largest absolute Gasteiger partial charge is 0.497 e. The number of nitrogens with zero attached hydrogens (tertiary/aromatic N) is 6. The summed E-state index contributed by atoms with van der Waals surface area (Å²) in [6.45, 7) is 3.16. The maximum atomic E-state index is 15.3. The van der Waals surface area contributed by atoms with E-state index in [0.717, 1.165) is 24.2 Å². The molecule has 1 saturated carbocycles. The van der Waals surface area contributed by atoms with Crippen molar-refractivity contribution in [1.82, 2.24) is 14.7 Å². The predicted octanol–water partition coefficient (Wildman–Crippen LogP) is 4.22. The second-order valence-corrected chi connectivity index (χ2v) is 12.0. The first kappa shape index (κ1) is 27.5. The minimum absolute atomic E-state index is 0.130. The molecule has 1 unspecified atom stereocenters. The Labute approximate surface area is 245 Å². The number of carbonyl (C=O) groups excluding carboxylic acids is 1. The zero-order valence-electron chi connectivity index (χ0n) is 22.4. The quantitative estimate of drug-likeness (QED) is 0.233. The molecular formula is C28H29FN6O4S2. The Morgan fingerprint density at radius 3 is 2.59 bits per heavy atom. The second kappa shape index (κ2) is 11.3. The molecule has 1 aliphatic carbocycles. The van der Waals surface area contributed by atoms with Crippen LogP contribution in [0.2, 0.25) is 0 Å². The smallest absolute Gasteiger partial charge is 0.316 e. The molecule has 2 aliphatic heterocycles. The fourth-order valence-corrected chi connectivity index (χ4v) is 6.22. The molecule has 1 saturated heterocycles. The summed E-state index contributed by atoms with van der Waals surface area (Å²) in [6.07, 6.45) is 3.63. The van der Waals surface area contributed by atoms with Gasteiger partial charge in [-0.25, -0.2) is 14.1 Å². The Kier molecular flexibility index (Phi) is 7.58. The minimum Gasteiger partial charge on any atom is -0.497 e. The predicted molar refractivity (Wildman–Crippen MR) is 157 cm³/mol. The number of aliphatic imine (C=N–C) groups is 1. The number of ketones is 1. The van der Waals surface area contributed by atoms with E-state index in [1.807, 2.05) is 34.1 Å². The van der Waals surface area contributed by atoms with E-state index in [-0.39, 0.29) is 18.2 Å². The number of Topliss-reactive ketones (excluding diaryl/α,β-unsaturated/α-hetero) is 1. The van der Waals surface area contributed by atoms with E-state index < -0.39 is 23.5 Å². The summed E-state index contributed by atoms with van der Waals surface area (Å²) in [4.78, 5) is 35.2. The van der Waals surface area contributed by atoms with Crippen molar-refractivity contribution in [3.63, 3.8) is 0 Å². The van der Waals surface area contributed by atoms with Crippen LogP contribution in [0.5, 0.6) is 5.75 Å². The summed E-state index contributed by atoms with van der Waals surface area (Å²) in [7, 11) is 1.62. The van der Waals surface area contributed by atoms with E-state index in [0.29, 0.717) is 53.3 Å². The molecule has 0 amide bonds. The number of ether oxygens (including phenoxy) is 1. The van der Waals surface area contributed by atoms with Crippen molar-refractivity contribution in [3.8, 4) is 5.75 Å². The van der Waals surface area contributed by atoms with E-state index >= 15 is 4.39 Å². The molecule has 3 aromatic rings. The summed E-state index contributed by atoms with van der Waals surface area (Å²) < 4.78 is 22.9. The van der Waals surface area contributed by atoms with Crippen LogP contribution in [0, 0.1) is 15.7 Å². The fraction of sp³-hybridized carbons (Fsp3) is 0.393. The van der Waals surface area contributed by atoms with E-state index in [2.05, 4.69) is 15.0 Å². The Morgan fingerprint density at radius 1 is 1.20 bits per heavy atom. The number of carboxylic acid groups (broad SMARTS) is 1. The second-order valence-electron chi connectivity index (χ2n) is 10.4. The Balaban J connectivity index is 1.11.